The Balaban J connectivity index is 1.43. The molecule has 5 heteroatoms. The van der Waals surface area contributed by atoms with Crippen molar-refractivity contribution in [3.63, 3.8) is 0 Å². The van der Waals surface area contributed by atoms with Gasteiger partial charge in [0.2, 0.25) is 5.91 Å². The highest BCUT2D eigenvalue weighted by Crippen LogP contribution is 2.36. The third-order valence-electron chi connectivity index (χ3n) is 4.62. The number of amides is 2. The lowest BCUT2D eigenvalue weighted by Gasteiger charge is -2.36. The second-order valence-corrected chi connectivity index (χ2v) is 6.46. The van der Waals surface area contributed by atoms with Gasteiger partial charge in [0, 0.05) is 6.04 Å². The molecule has 26 heavy (non-hydrogen) atoms. The van der Waals surface area contributed by atoms with E-state index in [-0.39, 0.29) is 24.4 Å². The van der Waals surface area contributed by atoms with Gasteiger partial charge in [0.1, 0.15) is 5.75 Å². The van der Waals surface area contributed by atoms with E-state index in [1.165, 1.54) is 5.56 Å². The second kappa shape index (κ2) is 8.52. The smallest absolute Gasteiger partial charge is 0.255 e. The Kier molecular flexibility index (Phi) is 5.89. The van der Waals surface area contributed by atoms with E-state index in [1.807, 2.05) is 31.2 Å². The van der Waals surface area contributed by atoms with Crippen LogP contribution in [0.25, 0.3) is 0 Å². The molecule has 136 valence electrons. The maximum absolute atomic E-state index is 12.3. The molecule has 0 atom stereocenters. The van der Waals surface area contributed by atoms with Crippen molar-refractivity contribution in [1.29, 1.82) is 0 Å². The van der Waals surface area contributed by atoms with Gasteiger partial charge >= 0.3 is 0 Å². The van der Waals surface area contributed by atoms with Gasteiger partial charge in [0.15, 0.2) is 0 Å². The van der Waals surface area contributed by atoms with Crippen molar-refractivity contribution in [2.75, 3.05) is 13.2 Å². The highest BCUT2D eigenvalue weighted by atomic mass is 16.5. The molecule has 1 saturated carbocycles. The molecule has 1 aliphatic rings. The van der Waals surface area contributed by atoms with E-state index in [2.05, 4.69) is 22.8 Å². The van der Waals surface area contributed by atoms with Crippen LogP contribution >= 0.6 is 0 Å². The number of ether oxygens (including phenoxy) is 1. The number of carbonyl (C=O) groups excluding carboxylic acids is 2. The predicted octanol–water partition coefficient (Wildman–Crippen LogP) is 2.88. The third kappa shape index (κ3) is 4.42. The van der Waals surface area contributed by atoms with Crippen molar-refractivity contribution in [3.8, 4) is 5.75 Å². The summed E-state index contributed by atoms with van der Waals surface area (Å²) >= 11 is 0. The number of rotatable bonds is 7. The van der Waals surface area contributed by atoms with Crippen LogP contribution in [0.4, 0.5) is 0 Å². The SMILES string of the molecule is CCOc1ccccc1C(=O)NCC(=O)NC1CC(c2ccccc2)C1. The standard InChI is InChI=1S/C21H24N2O3/c1-2-26-19-11-7-6-10-18(19)21(25)22-14-20(24)23-17-12-16(13-17)15-8-4-3-5-9-15/h3-11,16-17H,2,12-14H2,1H3,(H,22,25)(H,23,24). The van der Waals surface area contributed by atoms with Gasteiger partial charge in [-0.1, -0.05) is 42.5 Å². The van der Waals surface area contributed by atoms with Crippen LogP contribution < -0.4 is 15.4 Å². The Labute approximate surface area is 153 Å². The molecule has 1 aliphatic carbocycles. The zero-order chi connectivity index (χ0) is 18.4. The van der Waals surface area contributed by atoms with Gasteiger partial charge in [-0.15, -0.1) is 0 Å². The molecule has 3 rings (SSSR count). The fourth-order valence-electron chi connectivity index (χ4n) is 3.20. The quantitative estimate of drug-likeness (QED) is 0.805. The molecule has 0 heterocycles. The normalized spacial score (nSPS) is 18.5. The van der Waals surface area contributed by atoms with Crippen LogP contribution in [-0.4, -0.2) is 31.0 Å². The molecule has 2 aromatic rings. The van der Waals surface area contributed by atoms with Crippen molar-refractivity contribution in [3.05, 3.63) is 65.7 Å². The highest BCUT2D eigenvalue weighted by Gasteiger charge is 2.31. The number of nitrogens with one attached hydrogen (secondary N) is 2. The molecule has 0 unspecified atom stereocenters. The van der Waals surface area contributed by atoms with E-state index in [0.717, 1.165) is 12.8 Å². The first kappa shape index (κ1) is 18.0. The van der Waals surface area contributed by atoms with E-state index < -0.39 is 0 Å². The van der Waals surface area contributed by atoms with Crippen LogP contribution in [0, 0.1) is 0 Å². The minimum atomic E-state index is -0.306. The molecular formula is C21H24N2O3. The zero-order valence-electron chi connectivity index (χ0n) is 14.9. The molecule has 0 saturated heterocycles. The number of hydrogen-bond acceptors (Lipinski definition) is 3. The fraction of sp³-hybridized carbons (Fsp3) is 0.333. The van der Waals surface area contributed by atoms with Crippen LogP contribution in [0.1, 0.15) is 41.6 Å². The Morgan fingerprint density at radius 3 is 2.46 bits per heavy atom. The van der Waals surface area contributed by atoms with Crippen molar-refractivity contribution < 1.29 is 14.3 Å². The van der Waals surface area contributed by atoms with Gasteiger partial charge in [-0.3, -0.25) is 9.59 Å². The first-order valence-corrected chi connectivity index (χ1v) is 9.01. The van der Waals surface area contributed by atoms with Gasteiger partial charge < -0.3 is 15.4 Å². The van der Waals surface area contributed by atoms with Gasteiger partial charge in [0.05, 0.1) is 18.7 Å². The van der Waals surface area contributed by atoms with E-state index >= 15 is 0 Å². The molecule has 2 N–H and O–H groups in total. The van der Waals surface area contributed by atoms with Gasteiger partial charge in [-0.25, -0.2) is 0 Å². The summed E-state index contributed by atoms with van der Waals surface area (Å²) in [6.45, 7) is 2.31. The van der Waals surface area contributed by atoms with Crippen molar-refractivity contribution in [2.24, 2.45) is 0 Å². The van der Waals surface area contributed by atoms with Crippen LogP contribution in [0.3, 0.4) is 0 Å². The first-order chi connectivity index (χ1) is 12.7. The number of hydrogen-bond donors (Lipinski definition) is 2. The molecule has 0 aromatic heterocycles. The Hall–Kier alpha value is -2.82. The number of benzene rings is 2. The molecule has 0 radical (unpaired) electrons. The molecule has 5 nitrogen and oxygen atoms in total. The van der Waals surface area contributed by atoms with Crippen LogP contribution in [0.2, 0.25) is 0 Å². The summed E-state index contributed by atoms with van der Waals surface area (Å²) in [7, 11) is 0. The van der Waals surface area contributed by atoms with Crippen LogP contribution in [0.5, 0.6) is 5.75 Å². The minimum Gasteiger partial charge on any atom is -0.493 e. The third-order valence-corrected chi connectivity index (χ3v) is 4.62. The second-order valence-electron chi connectivity index (χ2n) is 6.46. The summed E-state index contributed by atoms with van der Waals surface area (Å²) in [6, 6.07) is 17.5. The van der Waals surface area contributed by atoms with Gasteiger partial charge in [-0.2, -0.15) is 0 Å². The van der Waals surface area contributed by atoms with Gasteiger partial charge in [-0.05, 0) is 43.4 Å². The van der Waals surface area contributed by atoms with Crippen molar-refractivity contribution in [1.82, 2.24) is 10.6 Å². The van der Waals surface area contributed by atoms with E-state index in [9.17, 15) is 9.59 Å². The highest BCUT2D eigenvalue weighted by molar-refractivity contribution is 5.98. The molecule has 0 aliphatic heterocycles. The Morgan fingerprint density at radius 1 is 1.04 bits per heavy atom. The molecule has 2 aromatic carbocycles. The summed E-state index contributed by atoms with van der Waals surface area (Å²) < 4.78 is 5.45. The lowest BCUT2D eigenvalue weighted by atomic mass is 9.76. The maximum atomic E-state index is 12.3. The summed E-state index contributed by atoms with van der Waals surface area (Å²) in [5.41, 5.74) is 1.76. The average molecular weight is 352 g/mol. The topological polar surface area (TPSA) is 67.4 Å². The molecule has 0 spiro atoms. The van der Waals surface area contributed by atoms with Crippen molar-refractivity contribution >= 4 is 11.8 Å². The molecular weight excluding hydrogens is 328 g/mol. The average Bonchev–Trinajstić information content (AvgIpc) is 2.64. The van der Waals surface area contributed by atoms with E-state index in [0.29, 0.717) is 23.8 Å². The van der Waals surface area contributed by atoms with Crippen LogP contribution in [0.15, 0.2) is 54.6 Å². The first-order valence-electron chi connectivity index (χ1n) is 9.01. The van der Waals surface area contributed by atoms with E-state index in [4.69, 9.17) is 4.74 Å². The Morgan fingerprint density at radius 2 is 1.73 bits per heavy atom. The molecule has 1 fully saturated rings. The lowest BCUT2D eigenvalue weighted by Crippen LogP contribution is -2.47. The zero-order valence-corrected chi connectivity index (χ0v) is 14.9. The summed E-state index contributed by atoms with van der Waals surface area (Å²) in [5.74, 6) is 0.565. The molecule has 0 bridgehead atoms. The lowest BCUT2D eigenvalue weighted by molar-refractivity contribution is -0.121. The number of carbonyl (C=O) groups is 2. The van der Waals surface area contributed by atoms with Crippen molar-refractivity contribution in [2.45, 2.75) is 31.7 Å². The monoisotopic (exact) mass is 352 g/mol. The summed E-state index contributed by atoms with van der Waals surface area (Å²) in [5, 5.41) is 5.64. The van der Waals surface area contributed by atoms with Gasteiger partial charge in [0.25, 0.3) is 5.91 Å². The summed E-state index contributed by atoms with van der Waals surface area (Å²) in [6.07, 6.45) is 1.88. The summed E-state index contributed by atoms with van der Waals surface area (Å²) in [4.78, 5) is 24.4. The predicted molar refractivity (Wildman–Crippen MR) is 100 cm³/mol. The fourth-order valence-corrected chi connectivity index (χ4v) is 3.20. The molecule has 2 amide bonds. The minimum absolute atomic E-state index is 0.0359. The van der Waals surface area contributed by atoms with Crippen LogP contribution in [-0.2, 0) is 4.79 Å². The maximum Gasteiger partial charge on any atom is 0.255 e. The number of para-hydroxylation sites is 1. The largest absolute Gasteiger partial charge is 0.493 e. The Bertz CT molecular complexity index is 755. The van der Waals surface area contributed by atoms with E-state index in [1.54, 1.807) is 18.2 Å².